The molecule has 0 aliphatic carbocycles. The second-order valence-corrected chi connectivity index (χ2v) is 5.29. The van der Waals surface area contributed by atoms with Gasteiger partial charge in [-0.1, -0.05) is 30.3 Å². The van der Waals surface area contributed by atoms with Gasteiger partial charge in [-0.15, -0.1) is 0 Å². The summed E-state index contributed by atoms with van der Waals surface area (Å²) in [4.78, 5) is 26.9. The first kappa shape index (κ1) is 15.7. The number of aromatic nitrogens is 1. The summed E-state index contributed by atoms with van der Waals surface area (Å²) in [6.07, 6.45) is 0. The highest BCUT2D eigenvalue weighted by atomic mass is 19.1. The average molecular weight is 322 g/mol. The van der Waals surface area contributed by atoms with Gasteiger partial charge in [-0.2, -0.15) is 0 Å². The van der Waals surface area contributed by atoms with E-state index in [2.05, 4.69) is 10.3 Å². The van der Waals surface area contributed by atoms with Gasteiger partial charge in [0.1, 0.15) is 11.4 Å². The minimum absolute atomic E-state index is 0.0387. The van der Waals surface area contributed by atoms with Gasteiger partial charge in [0.25, 0.3) is 11.5 Å². The van der Waals surface area contributed by atoms with Crippen LogP contribution in [0.2, 0.25) is 0 Å². The Morgan fingerprint density at radius 2 is 1.67 bits per heavy atom. The number of benzene rings is 2. The number of carbonyl (C=O) groups is 1. The molecule has 120 valence electrons. The van der Waals surface area contributed by atoms with Crippen LogP contribution in [-0.2, 0) is 6.54 Å². The van der Waals surface area contributed by atoms with Crippen LogP contribution in [0.25, 0.3) is 11.3 Å². The van der Waals surface area contributed by atoms with Crippen molar-refractivity contribution in [1.82, 2.24) is 10.3 Å². The van der Waals surface area contributed by atoms with E-state index >= 15 is 0 Å². The van der Waals surface area contributed by atoms with Crippen LogP contribution < -0.4 is 10.9 Å². The normalized spacial score (nSPS) is 10.4. The third-order valence-corrected chi connectivity index (χ3v) is 3.61. The van der Waals surface area contributed by atoms with Crippen molar-refractivity contribution < 1.29 is 9.18 Å². The summed E-state index contributed by atoms with van der Waals surface area (Å²) in [5.41, 5.74) is 1.70. The molecule has 0 aliphatic rings. The molecule has 0 unspecified atom stereocenters. The van der Waals surface area contributed by atoms with Gasteiger partial charge in [0.15, 0.2) is 0 Å². The van der Waals surface area contributed by atoms with Gasteiger partial charge in [0.2, 0.25) is 0 Å². The van der Waals surface area contributed by atoms with Gasteiger partial charge in [-0.25, -0.2) is 4.39 Å². The Balaban J connectivity index is 1.76. The molecule has 0 spiro atoms. The van der Waals surface area contributed by atoms with E-state index < -0.39 is 11.5 Å². The highest BCUT2D eigenvalue weighted by molar-refractivity contribution is 5.94. The van der Waals surface area contributed by atoms with E-state index in [1.165, 1.54) is 18.2 Å². The van der Waals surface area contributed by atoms with E-state index in [0.29, 0.717) is 17.8 Å². The first-order chi connectivity index (χ1) is 11.6. The molecule has 3 rings (SSSR count). The Morgan fingerprint density at radius 3 is 2.33 bits per heavy atom. The zero-order chi connectivity index (χ0) is 16.9. The molecule has 0 atom stereocenters. The first-order valence-corrected chi connectivity index (χ1v) is 7.45. The van der Waals surface area contributed by atoms with Crippen LogP contribution in [0, 0.1) is 5.82 Å². The number of amides is 1. The lowest BCUT2D eigenvalue weighted by Crippen LogP contribution is -2.29. The topological polar surface area (TPSA) is 62.0 Å². The highest BCUT2D eigenvalue weighted by Gasteiger charge is 2.11. The Labute approximate surface area is 138 Å². The Hall–Kier alpha value is -3.21. The van der Waals surface area contributed by atoms with Crippen LogP contribution in [0.5, 0.6) is 0 Å². The molecule has 0 fully saturated rings. The van der Waals surface area contributed by atoms with Crippen LogP contribution in [0.3, 0.4) is 0 Å². The number of halogens is 1. The monoisotopic (exact) mass is 322 g/mol. The number of rotatable bonds is 4. The molecule has 5 heteroatoms. The molecular formula is C19H15FN2O2. The third kappa shape index (κ3) is 3.57. The highest BCUT2D eigenvalue weighted by Crippen LogP contribution is 2.16. The molecule has 0 saturated heterocycles. The predicted molar refractivity (Wildman–Crippen MR) is 90.1 cm³/mol. The molecule has 4 nitrogen and oxygen atoms in total. The minimum Gasteiger partial charge on any atom is -0.348 e. The van der Waals surface area contributed by atoms with Crippen LogP contribution in [0.15, 0.2) is 71.5 Å². The maximum absolute atomic E-state index is 13.0. The first-order valence-electron chi connectivity index (χ1n) is 7.45. The lowest BCUT2D eigenvalue weighted by molar-refractivity contribution is 0.0949. The maximum atomic E-state index is 13.0. The van der Waals surface area contributed by atoms with Gasteiger partial charge in [0.05, 0.1) is 0 Å². The van der Waals surface area contributed by atoms with Gasteiger partial charge < -0.3 is 10.3 Å². The number of hydrogen-bond acceptors (Lipinski definition) is 2. The number of carbonyl (C=O) groups excluding carboxylic acids is 1. The Kier molecular flexibility index (Phi) is 4.52. The number of aromatic amines is 1. The fraction of sp³-hybridized carbons (Fsp3) is 0.0526. The molecule has 2 N–H and O–H groups in total. The number of hydrogen-bond donors (Lipinski definition) is 2. The van der Waals surface area contributed by atoms with E-state index in [4.69, 9.17) is 0 Å². The molecule has 0 saturated carbocycles. The summed E-state index contributed by atoms with van der Waals surface area (Å²) >= 11 is 0. The molecule has 0 aliphatic heterocycles. The third-order valence-electron chi connectivity index (χ3n) is 3.61. The molecule has 3 aromatic rings. The van der Waals surface area contributed by atoms with Crippen molar-refractivity contribution >= 4 is 5.91 Å². The van der Waals surface area contributed by atoms with Crippen molar-refractivity contribution in [2.45, 2.75) is 6.54 Å². The zero-order valence-electron chi connectivity index (χ0n) is 12.8. The van der Waals surface area contributed by atoms with E-state index in [0.717, 1.165) is 5.56 Å². The summed E-state index contributed by atoms with van der Waals surface area (Å²) in [6.45, 7) is 0.346. The smallest absolute Gasteiger partial charge is 0.261 e. The molecule has 1 heterocycles. The van der Waals surface area contributed by atoms with E-state index in [-0.39, 0.29) is 11.4 Å². The summed E-state index contributed by atoms with van der Waals surface area (Å²) < 4.78 is 13.0. The van der Waals surface area contributed by atoms with Crippen molar-refractivity contribution in [2.24, 2.45) is 0 Å². The van der Waals surface area contributed by atoms with Crippen molar-refractivity contribution in [3.63, 3.8) is 0 Å². The lowest BCUT2D eigenvalue weighted by Gasteiger charge is -2.06. The number of nitrogens with one attached hydrogen (secondary N) is 2. The number of H-pyrrole nitrogens is 1. The lowest BCUT2D eigenvalue weighted by atomic mass is 10.1. The van der Waals surface area contributed by atoms with Crippen molar-refractivity contribution in [3.05, 3.63) is 94.0 Å². The average Bonchev–Trinajstić information content (AvgIpc) is 2.61. The summed E-state index contributed by atoms with van der Waals surface area (Å²) in [5, 5.41) is 2.71. The predicted octanol–water partition coefficient (Wildman–Crippen LogP) is 3.11. The quantitative estimate of drug-likeness (QED) is 0.775. The summed E-state index contributed by atoms with van der Waals surface area (Å²) in [7, 11) is 0. The fourth-order valence-electron chi connectivity index (χ4n) is 2.32. The maximum Gasteiger partial charge on any atom is 0.261 e. The second kappa shape index (κ2) is 6.91. The number of pyridine rings is 1. The van der Waals surface area contributed by atoms with Gasteiger partial charge in [-0.05, 0) is 47.5 Å². The summed E-state index contributed by atoms with van der Waals surface area (Å²) in [5.74, 6) is -0.788. The molecule has 0 radical (unpaired) electrons. The van der Waals surface area contributed by atoms with Crippen molar-refractivity contribution in [3.8, 4) is 11.3 Å². The molecule has 2 aromatic carbocycles. The zero-order valence-corrected chi connectivity index (χ0v) is 12.8. The van der Waals surface area contributed by atoms with Gasteiger partial charge in [0, 0.05) is 12.2 Å². The second-order valence-electron chi connectivity index (χ2n) is 5.29. The Bertz CT molecular complexity index is 903. The minimum atomic E-state index is -0.484. The Morgan fingerprint density at radius 1 is 0.958 bits per heavy atom. The van der Waals surface area contributed by atoms with Crippen molar-refractivity contribution in [2.75, 3.05) is 0 Å². The van der Waals surface area contributed by atoms with E-state index in [1.807, 2.05) is 30.3 Å². The van der Waals surface area contributed by atoms with Gasteiger partial charge >= 0.3 is 0 Å². The van der Waals surface area contributed by atoms with E-state index in [1.54, 1.807) is 18.2 Å². The summed E-state index contributed by atoms with van der Waals surface area (Å²) in [6, 6.07) is 18.3. The van der Waals surface area contributed by atoms with Gasteiger partial charge in [-0.3, -0.25) is 9.59 Å². The fourth-order valence-corrected chi connectivity index (χ4v) is 2.32. The van der Waals surface area contributed by atoms with Crippen LogP contribution in [0.1, 0.15) is 15.9 Å². The van der Waals surface area contributed by atoms with Crippen LogP contribution >= 0.6 is 0 Å². The molecular weight excluding hydrogens is 307 g/mol. The standard InChI is InChI=1S/C19H15FN2O2/c20-15-8-6-14(7-9-15)17-11-10-16(19(24)22-17)18(23)21-12-13-4-2-1-3-5-13/h1-11H,12H2,(H,21,23)(H,22,24). The van der Waals surface area contributed by atoms with E-state index in [9.17, 15) is 14.0 Å². The van der Waals surface area contributed by atoms with Crippen LogP contribution in [-0.4, -0.2) is 10.9 Å². The molecule has 0 bridgehead atoms. The molecule has 1 aromatic heterocycles. The van der Waals surface area contributed by atoms with Crippen molar-refractivity contribution in [1.29, 1.82) is 0 Å². The largest absolute Gasteiger partial charge is 0.348 e. The molecule has 24 heavy (non-hydrogen) atoms. The molecule has 1 amide bonds. The van der Waals surface area contributed by atoms with Crippen LogP contribution in [0.4, 0.5) is 4.39 Å². The SMILES string of the molecule is O=C(NCc1ccccc1)c1ccc(-c2ccc(F)cc2)[nH]c1=O.